The number of unbranched alkanes of at least 4 members (excludes halogenated alkanes) is 22. The lowest BCUT2D eigenvalue weighted by Crippen LogP contribution is -1.87. The van der Waals surface area contributed by atoms with Crippen molar-refractivity contribution in [2.45, 2.75) is 168 Å². The van der Waals surface area contributed by atoms with Crippen LogP contribution in [0.3, 0.4) is 0 Å². The van der Waals surface area contributed by atoms with Gasteiger partial charge in [0.15, 0.2) is 0 Å². The van der Waals surface area contributed by atoms with E-state index in [0.717, 1.165) is 13.2 Å². The highest BCUT2D eigenvalue weighted by molar-refractivity contribution is 4.52. The SMILES string of the molecule is C=COCCCCCCCCCCCC.C=COCCCCCCCCCCCCCCCC. The van der Waals surface area contributed by atoms with Crippen LogP contribution < -0.4 is 0 Å². The first-order valence-electron chi connectivity index (χ1n) is 15.3. The second-order valence-electron chi connectivity index (χ2n) is 9.85. The van der Waals surface area contributed by atoms with Crippen molar-refractivity contribution in [2.75, 3.05) is 13.2 Å². The lowest BCUT2D eigenvalue weighted by Gasteiger charge is -2.03. The summed E-state index contributed by atoms with van der Waals surface area (Å²) in [6.07, 6.45) is 36.5. The van der Waals surface area contributed by atoms with Crippen molar-refractivity contribution in [1.29, 1.82) is 0 Å². The summed E-state index contributed by atoms with van der Waals surface area (Å²) >= 11 is 0. The van der Waals surface area contributed by atoms with Crippen LogP contribution in [0, 0.1) is 0 Å². The fraction of sp³-hybridized carbons (Fsp3) is 0.875. The first-order valence-corrected chi connectivity index (χ1v) is 15.3. The van der Waals surface area contributed by atoms with Gasteiger partial charge in [-0.3, -0.25) is 0 Å². The Morgan fingerprint density at radius 3 is 0.765 bits per heavy atom. The third-order valence-electron chi connectivity index (χ3n) is 6.47. The van der Waals surface area contributed by atoms with Gasteiger partial charge >= 0.3 is 0 Å². The Labute approximate surface area is 216 Å². The summed E-state index contributed by atoms with van der Waals surface area (Å²) in [5.41, 5.74) is 0. The van der Waals surface area contributed by atoms with Crippen molar-refractivity contribution in [2.24, 2.45) is 0 Å². The van der Waals surface area contributed by atoms with Gasteiger partial charge in [0, 0.05) is 0 Å². The van der Waals surface area contributed by atoms with E-state index >= 15 is 0 Å². The van der Waals surface area contributed by atoms with E-state index in [9.17, 15) is 0 Å². The lowest BCUT2D eigenvalue weighted by atomic mass is 10.0. The minimum Gasteiger partial charge on any atom is -0.502 e. The number of hydrogen-bond acceptors (Lipinski definition) is 2. The van der Waals surface area contributed by atoms with Crippen molar-refractivity contribution in [3.05, 3.63) is 25.7 Å². The molecule has 0 saturated carbocycles. The van der Waals surface area contributed by atoms with Gasteiger partial charge in [0.2, 0.25) is 0 Å². The molecule has 2 nitrogen and oxygen atoms in total. The Kier molecular flexibility index (Phi) is 38.0. The summed E-state index contributed by atoms with van der Waals surface area (Å²) in [4.78, 5) is 0. The van der Waals surface area contributed by atoms with Gasteiger partial charge in [-0.15, -0.1) is 0 Å². The summed E-state index contributed by atoms with van der Waals surface area (Å²) in [5, 5.41) is 0. The van der Waals surface area contributed by atoms with Gasteiger partial charge in [0.25, 0.3) is 0 Å². The predicted octanol–water partition coefficient (Wildman–Crippen LogP) is 11.7. The Morgan fingerprint density at radius 2 is 0.559 bits per heavy atom. The van der Waals surface area contributed by atoms with Gasteiger partial charge in [-0.05, 0) is 12.8 Å². The fourth-order valence-corrected chi connectivity index (χ4v) is 4.22. The third-order valence-corrected chi connectivity index (χ3v) is 6.47. The monoisotopic (exact) mass is 480 g/mol. The molecule has 0 fully saturated rings. The summed E-state index contributed by atoms with van der Waals surface area (Å²) in [6, 6.07) is 0. The highest BCUT2D eigenvalue weighted by Gasteiger charge is 1.94. The van der Waals surface area contributed by atoms with E-state index in [2.05, 4.69) is 27.0 Å². The first-order chi connectivity index (χ1) is 16.8. The van der Waals surface area contributed by atoms with Crippen LogP contribution in [0.25, 0.3) is 0 Å². The molecule has 0 radical (unpaired) electrons. The topological polar surface area (TPSA) is 18.5 Å². The first kappa shape index (κ1) is 35.2. The molecular formula is C32H64O2. The Bertz CT molecular complexity index is 353. The highest BCUT2D eigenvalue weighted by atomic mass is 16.5. The van der Waals surface area contributed by atoms with Crippen LogP contribution in [0.15, 0.2) is 25.7 Å². The van der Waals surface area contributed by atoms with E-state index in [0.29, 0.717) is 0 Å². The molecule has 0 aromatic heterocycles. The molecule has 204 valence electrons. The van der Waals surface area contributed by atoms with E-state index in [4.69, 9.17) is 9.47 Å². The predicted molar refractivity (Wildman–Crippen MR) is 154 cm³/mol. The molecule has 0 aromatic carbocycles. The average Bonchev–Trinajstić information content (AvgIpc) is 2.85. The lowest BCUT2D eigenvalue weighted by molar-refractivity contribution is 0.241. The number of ether oxygens (including phenoxy) is 2. The summed E-state index contributed by atoms with van der Waals surface area (Å²) in [7, 11) is 0. The fourth-order valence-electron chi connectivity index (χ4n) is 4.22. The molecule has 0 unspecified atom stereocenters. The molecule has 34 heavy (non-hydrogen) atoms. The van der Waals surface area contributed by atoms with Gasteiger partial charge in [-0.1, -0.05) is 168 Å². The van der Waals surface area contributed by atoms with Crippen molar-refractivity contribution in [1.82, 2.24) is 0 Å². The van der Waals surface area contributed by atoms with Crippen LogP contribution in [0.1, 0.15) is 168 Å². The zero-order valence-corrected chi connectivity index (χ0v) is 23.8. The molecule has 0 aliphatic heterocycles. The van der Waals surface area contributed by atoms with E-state index in [1.807, 2.05) is 0 Å². The van der Waals surface area contributed by atoms with Crippen LogP contribution in [0.4, 0.5) is 0 Å². The van der Waals surface area contributed by atoms with Gasteiger partial charge < -0.3 is 9.47 Å². The Morgan fingerprint density at radius 1 is 0.353 bits per heavy atom. The summed E-state index contributed by atoms with van der Waals surface area (Å²) < 4.78 is 10.2. The molecule has 0 aliphatic carbocycles. The van der Waals surface area contributed by atoms with Crippen LogP contribution in [0.5, 0.6) is 0 Å². The largest absolute Gasteiger partial charge is 0.502 e. The normalized spacial score (nSPS) is 10.4. The molecule has 0 bridgehead atoms. The molecule has 0 aliphatic rings. The van der Waals surface area contributed by atoms with Crippen LogP contribution in [-0.2, 0) is 9.47 Å². The van der Waals surface area contributed by atoms with E-state index in [1.54, 1.807) is 6.26 Å². The minimum atomic E-state index is 0.847. The number of hydrogen-bond donors (Lipinski definition) is 0. The molecular weight excluding hydrogens is 416 g/mol. The zero-order chi connectivity index (χ0) is 25.2. The zero-order valence-electron chi connectivity index (χ0n) is 23.8. The second-order valence-corrected chi connectivity index (χ2v) is 9.85. The van der Waals surface area contributed by atoms with Crippen LogP contribution in [-0.4, -0.2) is 13.2 Å². The van der Waals surface area contributed by atoms with E-state index in [-0.39, 0.29) is 0 Å². The molecule has 0 heterocycles. The molecule has 0 atom stereocenters. The summed E-state index contributed by atoms with van der Waals surface area (Å²) in [6.45, 7) is 13.3. The smallest absolute Gasteiger partial charge is 0.0873 e. The highest BCUT2D eigenvalue weighted by Crippen LogP contribution is 2.13. The molecule has 2 heteroatoms. The van der Waals surface area contributed by atoms with Gasteiger partial charge in [0.1, 0.15) is 0 Å². The minimum absolute atomic E-state index is 0.847. The maximum Gasteiger partial charge on any atom is 0.0873 e. The van der Waals surface area contributed by atoms with Crippen LogP contribution in [0.2, 0.25) is 0 Å². The van der Waals surface area contributed by atoms with Crippen molar-refractivity contribution in [3.8, 4) is 0 Å². The van der Waals surface area contributed by atoms with E-state index in [1.165, 1.54) is 160 Å². The van der Waals surface area contributed by atoms with Gasteiger partial charge in [0.05, 0.1) is 25.7 Å². The second kappa shape index (κ2) is 36.6. The molecule has 0 saturated heterocycles. The van der Waals surface area contributed by atoms with Crippen molar-refractivity contribution >= 4 is 0 Å². The average molecular weight is 481 g/mol. The standard InChI is InChI=1S/C18H36O.C14H28O/c1-3-5-6-7-8-9-10-11-12-13-14-15-16-17-18-19-4-2;1-3-5-6-7-8-9-10-11-12-13-14-15-4-2/h4H,2-3,5-18H2,1H3;4H,2-3,5-14H2,1H3. The Balaban J connectivity index is 0. The van der Waals surface area contributed by atoms with Gasteiger partial charge in [-0.25, -0.2) is 0 Å². The molecule has 0 amide bonds. The summed E-state index contributed by atoms with van der Waals surface area (Å²) in [5.74, 6) is 0. The molecule has 0 aromatic rings. The number of rotatable bonds is 28. The molecule has 0 N–H and O–H groups in total. The van der Waals surface area contributed by atoms with E-state index < -0.39 is 0 Å². The maximum absolute atomic E-state index is 5.10. The quantitative estimate of drug-likeness (QED) is 0.0818. The third kappa shape index (κ3) is 38.3. The molecule has 0 rings (SSSR count). The van der Waals surface area contributed by atoms with Crippen LogP contribution >= 0.6 is 0 Å². The maximum atomic E-state index is 5.10. The molecule has 0 spiro atoms. The van der Waals surface area contributed by atoms with Gasteiger partial charge in [-0.2, -0.15) is 0 Å². The van der Waals surface area contributed by atoms with Crippen molar-refractivity contribution < 1.29 is 9.47 Å². The Hall–Kier alpha value is -0.920. The van der Waals surface area contributed by atoms with Crippen molar-refractivity contribution in [3.63, 3.8) is 0 Å².